The predicted molar refractivity (Wildman–Crippen MR) is 71.0 cm³/mol. The number of rotatable bonds is 6. The quantitative estimate of drug-likeness (QED) is 0.626. The number of carbonyl (C=O) groups excluding carboxylic acids is 1. The number of anilines is 1. The fourth-order valence-corrected chi connectivity index (χ4v) is 2.97. The van der Waals surface area contributed by atoms with Gasteiger partial charge in [0.05, 0.1) is 7.11 Å². The van der Waals surface area contributed by atoms with Gasteiger partial charge in [-0.05, 0) is 19.1 Å². The molecule has 1 amide bonds. The van der Waals surface area contributed by atoms with Gasteiger partial charge in [0, 0.05) is 24.2 Å². The molecule has 7 nitrogen and oxygen atoms in total. The number of benzene rings is 1. The third kappa shape index (κ3) is 4.11. The molecule has 1 rings (SSSR count). The molecule has 106 valence electrons. The number of nitrogens with one attached hydrogen (secondary N) is 1. The summed E-state index contributed by atoms with van der Waals surface area (Å²) >= 11 is 0. The molecule has 0 aliphatic rings. The first-order valence-electron chi connectivity index (χ1n) is 5.50. The number of carbonyl (C=O) groups is 1. The second-order valence-corrected chi connectivity index (χ2v) is 5.79. The van der Waals surface area contributed by atoms with Gasteiger partial charge in [0.1, 0.15) is 10.6 Å². The Kier molecular flexibility index (Phi) is 4.73. The van der Waals surface area contributed by atoms with Crippen LogP contribution in [0.1, 0.15) is 13.3 Å². The van der Waals surface area contributed by atoms with E-state index in [1.54, 1.807) is 6.92 Å². The highest BCUT2D eigenvalue weighted by molar-refractivity contribution is 7.89. The van der Waals surface area contributed by atoms with Crippen LogP contribution in [0, 0.1) is 0 Å². The molecular formula is C11H17N3O4S. The molecule has 5 N–H and O–H groups in total. The van der Waals surface area contributed by atoms with Crippen molar-refractivity contribution in [1.82, 2.24) is 4.72 Å². The molecular weight excluding hydrogens is 270 g/mol. The van der Waals surface area contributed by atoms with Crippen LogP contribution < -0.4 is 20.9 Å². The smallest absolute Gasteiger partial charge is 0.244 e. The van der Waals surface area contributed by atoms with Gasteiger partial charge >= 0.3 is 0 Å². The minimum absolute atomic E-state index is 0.0412. The summed E-state index contributed by atoms with van der Waals surface area (Å²) in [6.45, 7) is 1.55. The number of hydrogen-bond donors (Lipinski definition) is 3. The molecule has 0 bridgehead atoms. The van der Waals surface area contributed by atoms with Gasteiger partial charge in [-0.2, -0.15) is 0 Å². The highest BCUT2D eigenvalue weighted by Gasteiger charge is 2.22. The van der Waals surface area contributed by atoms with Crippen molar-refractivity contribution in [2.45, 2.75) is 24.3 Å². The molecule has 1 atom stereocenters. The Morgan fingerprint density at radius 1 is 1.47 bits per heavy atom. The maximum atomic E-state index is 12.1. The lowest BCUT2D eigenvalue weighted by Crippen LogP contribution is -2.35. The van der Waals surface area contributed by atoms with E-state index in [9.17, 15) is 13.2 Å². The van der Waals surface area contributed by atoms with E-state index in [0.717, 1.165) is 0 Å². The van der Waals surface area contributed by atoms with E-state index >= 15 is 0 Å². The minimum atomic E-state index is -3.80. The molecule has 0 aliphatic carbocycles. The molecule has 0 saturated heterocycles. The molecule has 19 heavy (non-hydrogen) atoms. The number of sulfonamides is 1. The number of ether oxygens (including phenoxy) is 1. The van der Waals surface area contributed by atoms with E-state index in [4.69, 9.17) is 16.2 Å². The number of amides is 1. The summed E-state index contributed by atoms with van der Waals surface area (Å²) in [7, 11) is -2.46. The summed E-state index contributed by atoms with van der Waals surface area (Å²) < 4.78 is 31.6. The molecule has 0 saturated carbocycles. The number of methoxy groups -OCH3 is 1. The average Bonchev–Trinajstić information content (AvgIpc) is 2.26. The van der Waals surface area contributed by atoms with Crippen LogP contribution in [0.5, 0.6) is 5.75 Å². The van der Waals surface area contributed by atoms with Crippen molar-refractivity contribution in [3.8, 4) is 5.75 Å². The van der Waals surface area contributed by atoms with Crippen LogP contribution in [0.2, 0.25) is 0 Å². The summed E-state index contributed by atoms with van der Waals surface area (Å²) in [5.74, 6) is -0.446. The lowest BCUT2D eigenvalue weighted by atomic mass is 10.2. The van der Waals surface area contributed by atoms with Crippen molar-refractivity contribution in [2.75, 3.05) is 12.8 Å². The standard InChI is InChI=1S/C11H17N3O4S/c1-7(5-11(13)15)14-19(16,17)10-4-3-8(12)6-9(10)18-2/h3-4,6-7,14H,5,12H2,1-2H3,(H2,13,15). The summed E-state index contributed by atoms with van der Waals surface area (Å²) in [5, 5.41) is 0. The fourth-order valence-electron chi connectivity index (χ4n) is 1.58. The fraction of sp³-hybridized carbons (Fsp3) is 0.364. The SMILES string of the molecule is COc1cc(N)ccc1S(=O)(=O)NC(C)CC(N)=O. The lowest BCUT2D eigenvalue weighted by Gasteiger charge is -2.15. The first kappa shape index (κ1) is 15.3. The number of nitrogen functional groups attached to an aromatic ring is 1. The van der Waals surface area contributed by atoms with Gasteiger partial charge in [0.25, 0.3) is 0 Å². The van der Waals surface area contributed by atoms with Crippen LogP contribution in [0.25, 0.3) is 0 Å². The van der Waals surface area contributed by atoms with Crippen LogP contribution in [0.3, 0.4) is 0 Å². The summed E-state index contributed by atoms with van der Waals surface area (Å²) in [6, 6.07) is 3.60. The van der Waals surface area contributed by atoms with Crippen LogP contribution in [-0.4, -0.2) is 27.5 Å². The topological polar surface area (TPSA) is 125 Å². The van der Waals surface area contributed by atoms with Gasteiger partial charge < -0.3 is 16.2 Å². The Bertz CT molecular complexity index is 571. The molecule has 0 aliphatic heterocycles. The zero-order chi connectivity index (χ0) is 14.6. The molecule has 0 heterocycles. The largest absolute Gasteiger partial charge is 0.495 e. The Hall–Kier alpha value is -1.80. The van der Waals surface area contributed by atoms with E-state index in [-0.39, 0.29) is 17.1 Å². The van der Waals surface area contributed by atoms with Crippen molar-refractivity contribution in [3.05, 3.63) is 18.2 Å². The van der Waals surface area contributed by atoms with Gasteiger partial charge in [-0.3, -0.25) is 4.79 Å². The van der Waals surface area contributed by atoms with Crippen molar-refractivity contribution in [3.63, 3.8) is 0 Å². The van der Waals surface area contributed by atoms with Crippen LogP contribution in [0.15, 0.2) is 23.1 Å². The lowest BCUT2D eigenvalue weighted by molar-refractivity contribution is -0.118. The average molecular weight is 287 g/mol. The minimum Gasteiger partial charge on any atom is -0.495 e. The molecule has 0 fully saturated rings. The highest BCUT2D eigenvalue weighted by atomic mass is 32.2. The monoisotopic (exact) mass is 287 g/mol. The van der Waals surface area contributed by atoms with Crippen molar-refractivity contribution >= 4 is 21.6 Å². The second-order valence-electron chi connectivity index (χ2n) is 4.10. The normalized spacial score (nSPS) is 12.9. The first-order valence-corrected chi connectivity index (χ1v) is 6.98. The summed E-state index contributed by atoms with van der Waals surface area (Å²) in [6.07, 6.45) is -0.0868. The molecule has 1 unspecified atom stereocenters. The molecule has 0 aromatic heterocycles. The van der Waals surface area contributed by atoms with Crippen molar-refractivity contribution in [2.24, 2.45) is 5.73 Å². The van der Waals surface area contributed by atoms with E-state index in [1.165, 1.54) is 25.3 Å². The third-order valence-corrected chi connectivity index (χ3v) is 3.97. The van der Waals surface area contributed by atoms with Gasteiger partial charge in [-0.15, -0.1) is 0 Å². The van der Waals surface area contributed by atoms with Crippen LogP contribution in [-0.2, 0) is 14.8 Å². The predicted octanol–water partition coefficient (Wildman–Crippen LogP) is -0.180. The Morgan fingerprint density at radius 2 is 2.11 bits per heavy atom. The van der Waals surface area contributed by atoms with Crippen molar-refractivity contribution in [1.29, 1.82) is 0 Å². The Morgan fingerprint density at radius 3 is 2.63 bits per heavy atom. The number of hydrogen-bond acceptors (Lipinski definition) is 5. The van der Waals surface area contributed by atoms with Crippen molar-refractivity contribution < 1.29 is 17.9 Å². The highest BCUT2D eigenvalue weighted by Crippen LogP contribution is 2.26. The maximum Gasteiger partial charge on any atom is 0.244 e. The van der Waals surface area contributed by atoms with E-state index in [0.29, 0.717) is 5.69 Å². The molecule has 0 radical (unpaired) electrons. The zero-order valence-corrected chi connectivity index (χ0v) is 11.5. The van der Waals surface area contributed by atoms with E-state index in [1.807, 2.05) is 0 Å². The molecule has 1 aromatic carbocycles. The number of primary amides is 1. The Balaban J connectivity index is 3.03. The molecule has 0 spiro atoms. The maximum absolute atomic E-state index is 12.1. The van der Waals surface area contributed by atoms with Crippen LogP contribution >= 0.6 is 0 Å². The van der Waals surface area contributed by atoms with E-state index in [2.05, 4.69) is 4.72 Å². The number of nitrogens with two attached hydrogens (primary N) is 2. The first-order chi connectivity index (χ1) is 8.76. The molecule has 8 heteroatoms. The van der Waals surface area contributed by atoms with Crippen LogP contribution in [0.4, 0.5) is 5.69 Å². The summed E-state index contributed by atoms with van der Waals surface area (Å²) in [5.41, 5.74) is 11.0. The zero-order valence-electron chi connectivity index (χ0n) is 10.7. The summed E-state index contributed by atoms with van der Waals surface area (Å²) in [4.78, 5) is 10.7. The Labute approximate surface area is 112 Å². The third-order valence-electron chi connectivity index (χ3n) is 2.34. The van der Waals surface area contributed by atoms with Gasteiger partial charge in [-0.25, -0.2) is 13.1 Å². The van der Waals surface area contributed by atoms with Gasteiger partial charge in [-0.1, -0.05) is 0 Å². The molecule has 1 aromatic rings. The second kappa shape index (κ2) is 5.89. The van der Waals surface area contributed by atoms with E-state index < -0.39 is 22.0 Å². The van der Waals surface area contributed by atoms with Gasteiger partial charge in [0.15, 0.2) is 0 Å². The van der Waals surface area contributed by atoms with Gasteiger partial charge in [0.2, 0.25) is 15.9 Å².